The summed E-state index contributed by atoms with van der Waals surface area (Å²) in [6.07, 6.45) is 0. The van der Waals surface area contributed by atoms with E-state index in [1.165, 1.54) is 0 Å². The molecule has 0 fully saturated rings. The highest BCUT2D eigenvalue weighted by Crippen LogP contribution is 2.29. The summed E-state index contributed by atoms with van der Waals surface area (Å²) in [4.78, 5) is 0. The lowest BCUT2D eigenvalue weighted by Crippen LogP contribution is -1.99. The van der Waals surface area contributed by atoms with Gasteiger partial charge in [0.05, 0.1) is 5.39 Å². The summed E-state index contributed by atoms with van der Waals surface area (Å²) in [5.41, 5.74) is -0.602. The molecule has 0 aromatic heterocycles. The van der Waals surface area contributed by atoms with Crippen molar-refractivity contribution in [1.29, 1.82) is 0 Å². The minimum absolute atomic E-state index is 0.375. The molecular formula is C11H5F5. The molecule has 2 rings (SSSR count). The van der Waals surface area contributed by atoms with Crippen LogP contribution in [0.2, 0.25) is 0 Å². The van der Waals surface area contributed by atoms with E-state index in [2.05, 4.69) is 0 Å². The highest BCUT2D eigenvalue weighted by atomic mass is 19.2. The molecule has 0 saturated heterocycles. The zero-order valence-corrected chi connectivity index (χ0v) is 8.04. The van der Waals surface area contributed by atoms with Gasteiger partial charge in [0.25, 0.3) is 0 Å². The quantitative estimate of drug-likeness (QED) is 0.478. The third-order valence-electron chi connectivity index (χ3n) is 2.36. The van der Waals surface area contributed by atoms with Crippen LogP contribution in [0.3, 0.4) is 0 Å². The molecule has 0 aliphatic carbocycles. The topological polar surface area (TPSA) is 0 Å². The van der Waals surface area contributed by atoms with E-state index in [0.29, 0.717) is 12.1 Å². The van der Waals surface area contributed by atoms with Crippen molar-refractivity contribution in [3.8, 4) is 0 Å². The first-order valence-electron chi connectivity index (χ1n) is 4.35. The van der Waals surface area contributed by atoms with Crippen molar-refractivity contribution >= 4 is 10.8 Å². The van der Waals surface area contributed by atoms with Crippen LogP contribution in [0.5, 0.6) is 0 Å². The maximum Gasteiger partial charge on any atom is 0.170 e. The average Bonchev–Trinajstić information content (AvgIpc) is 2.22. The van der Waals surface area contributed by atoms with Crippen LogP contribution >= 0.6 is 0 Å². The Kier molecular flexibility index (Phi) is 2.33. The van der Waals surface area contributed by atoms with Crippen LogP contribution in [-0.4, -0.2) is 0 Å². The van der Waals surface area contributed by atoms with E-state index < -0.39 is 45.4 Å². The van der Waals surface area contributed by atoms with E-state index in [0.717, 1.165) is 6.92 Å². The van der Waals surface area contributed by atoms with E-state index in [9.17, 15) is 22.0 Å². The van der Waals surface area contributed by atoms with E-state index in [4.69, 9.17) is 0 Å². The molecule has 84 valence electrons. The normalized spacial score (nSPS) is 11.1. The summed E-state index contributed by atoms with van der Waals surface area (Å²) in [5.74, 6) is -6.51. The Hall–Kier alpha value is -1.65. The van der Waals surface area contributed by atoms with Crippen LogP contribution in [0.25, 0.3) is 10.8 Å². The summed E-state index contributed by atoms with van der Waals surface area (Å²) in [6.45, 7) is 0.996. The third kappa shape index (κ3) is 1.35. The van der Waals surface area contributed by atoms with Crippen molar-refractivity contribution in [3.63, 3.8) is 0 Å². The molecular weight excluding hydrogens is 227 g/mol. The Labute approximate surface area is 87.3 Å². The molecule has 0 bridgehead atoms. The molecule has 0 unspecified atom stereocenters. The Morgan fingerprint density at radius 1 is 0.812 bits per heavy atom. The van der Waals surface area contributed by atoms with Gasteiger partial charge in [0, 0.05) is 17.0 Å². The van der Waals surface area contributed by atoms with Gasteiger partial charge >= 0.3 is 0 Å². The van der Waals surface area contributed by atoms with Crippen molar-refractivity contribution in [1.82, 2.24) is 0 Å². The van der Waals surface area contributed by atoms with Gasteiger partial charge in [-0.25, -0.2) is 22.0 Å². The molecule has 2 aromatic carbocycles. The summed E-state index contributed by atoms with van der Waals surface area (Å²) in [5, 5.41) is -1.48. The first-order valence-corrected chi connectivity index (χ1v) is 4.35. The molecule has 0 heterocycles. The first-order chi connectivity index (χ1) is 7.43. The van der Waals surface area contributed by atoms with Gasteiger partial charge < -0.3 is 0 Å². The van der Waals surface area contributed by atoms with Crippen LogP contribution in [-0.2, 0) is 0 Å². The molecule has 0 N–H and O–H groups in total. The number of hydrogen-bond donors (Lipinski definition) is 0. The van der Waals surface area contributed by atoms with Crippen LogP contribution in [0, 0.1) is 36.0 Å². The predicted molar refractivity (Wildman–Crippen MR) is 48.5 cm³/mol. The zero-order chi connectivity index (χ0) is 12.0. The number of halogens is 5. The lowest BCUT2D eigenvalue weighted by molar-refractivity contribution is 0.491. The minimum Gasteiger partial charge on any atom is -0.207 e. The Bertz CT molecular complexity index is 589. The first kappa shape index (κ1) is 10.9. The molecule has 2 aromatic rings. The van der Waals surface area contributed by atoms with Gasteiger partial charge in [-0.3, -0.25) is 0 Å². The fourth-order valence-corrected chi connectivity index (χ4v) is 1.54. The van der Waals surface area contributed by atoms with Gasteiger partial charge in [-0.2, -0.15) is 0 Å². The summed E-state index contributed by atoms with van der Waals surface area (Å²) < 4.78 is 65.9. The SMILES string of the molecule is Cc1c(F)c(F)c2c(F)cc(F)cc2c1F. The van der Waals surface area contributed by atoms with Gasteiger partial charge in [-0.05, 0) is 13.0 Å². The Morgan fingerprint density at radius 3 is 2.06 bits per heavy atom. The molecule has 16 heavy (non-hydrogen) atoms. The van der Waals surface area contributed by atoms with Crippen molar-refractivity contribution in [2.24, 2.45) is 0 Å². The lowest BCUT2D eigenvalue weighted by Gasteiger charge is -2.07. The number of fused-ring (bicyclic) bond motifs is 1. The Balaban J connectivity index is 3.08. The second kappa shape index (κ2) is 3.43. The second-order valence-electron chi connectivity index (χ2n) is 3.38. The fourth-order valence-electron chi connectivity index (χ4n) is 1.54. The number of benzene rings is 2. The number of hydrogen-bond acceptors (Lipinski definition) is 0. The van der Waals surface area contributed by atoms with Crippen molar-refractivity contribution in [2.45, 2.75) is 6.92 Å². The van der Waals surface area contributed by atoms with E-state index in [-0.39, 0.29) is 0 Å². The van der Waals surface area contributed by atoms with E-state index in [1.54, 1.807) is 0 Å². The van der Waals surface area contributed by atoms with Gasteiger partial charge in [0.15, 0.2) is 11.6 Å². The average molecular weight is 232 g/mol. The lowest BCUT2D eigenvalue weighted by atomic mass is 10.0. The predicted octanol–water partition coefficient (Wildman–Crippen LogP) is 3.84. The van der Waals surface area contributed by atoms with E-state index >= 15 is 0 Å². The molecule has 0 atom stereocenters. The molecule has 0 saturated carbocycles. The molecule has 0 spiro atoms. The monoisotopic (exact) mass is 232 g/mol. The van der Waals surface area contributed by atoms with Crippen molar-refractivity contribution in [2.75, 3.05) is 0 Å². The second-order valence-corrected chi connectivity index (χ2v) is 3.38. The van der Waals surface area contributed by atoms with Gasteiger partial charge in [-0.1, -0.05) is 0 Å². The largest absolute Gasteiger partial charge is 0.207 e. The molecule has 0 radical (unpaired) electrons. The van der Waals surface area contributed by atoms with Crippen LogP contribution in [0.15, 0.2) is 12.1 Å². The third-order valence-corrected chi connectivity index (χ3v) is 2.36. The maximum atomic E-state index is 13.5. The number of rotatable bonds is 0. The smallest absolute Gasteiger partial charge is 0.170 e. The fraction of sp³-hybridized carbons (Fsp3) is 0.0909. The molecule has 0 aliphatic heterocycles. The van der Waals surface area contributed by atoms with Gasteiger partial charge in [0.2, 0.25) is 0 Å². The molecule has 5 heteroatoms. The summed E-state index contributed by atoms with van der Waals surface area (Å²) in [7, 11) is 0. The standard InChI is InChI=1S/C11H5F5/c1-4-9(14)6-2-5(12)3-7(13)8(6)11(16)10(4)15/h2-3H,1H3. The van der Waals surface area contributed by atoms with Gasteiger partial charge in [-0.15, -0.1) is 0 Å². The van der Waals surface area contributed by atoms with Crippen LogP contribution < -0.4 is 0 Å². The van der Waals surface area contributed by atoms with Crippen LogP contribution in [0.1, 0.15) is 5.56 Å². The molecule has 0 nitrogen and oxygen atoms in total. The highest BCUT2D eigenvalue weighted by Gasteiger charge is 2.20. The zero-order valence-electron chi connectivity index (χ0n) is 8.04. The van der Waals surface area contributed by atoms with Crippen LogP contribution in [0.4, 0.5) is 22.0 Å². The summed E-state index contributed by atoms with van der Waals surface area (Å²) in [6, 6.07) is 1.00. The minimum atomic E-state index is -1.51. The molecule has 0 aliphatic rings. The maximum absolute atomic E-state index is 13.5. The van der Waals surface area contributed by atoms with Crippen molar-refractivity contribution < 1.29 is 22.0 Å². The molecule has 0 amide bonds. The van der Waals surface area contributed by atoms with Crippen molar-refractivity contribution in [3.05, 3.63) is 46.8 Å². The highest BCUT2D eigenvalue weighted by molar-refractivity contribution is 5.85. The van der Waals surface area contributed by atoms with E-state index in [1.807, 2.05) is 0 Å². The Morgan fingerprint density at radius 2 is 1.44 bits per heavy atom. The van der Waals surface area contributed by atoms with Gasteiger partial charge in [0.1, 0.15) is 17.5 Å². The summed E-state index contributed by atoms with van der Waals surface area (Å²) >= 11 is 0.